The van der Waals surface area contributed by atoms with Gasteiger partial charge in [-0.25, -0.2) is 0 Å². The number of rotatable bonds is 10. The predicted octanol–water partition coefficient (Wildman–Crippen LogP) is 1.50. The Hall–Kier alpha value is -2.28. The van der Waals surface area contributed by atoms with Crippen LogP contribution < -0.4 is 9.47 Å². The van der Waals surface area contributed by atoms with Crippen molar-refractivity contribution in [1.82, 2.24) is 9.80 Å². The highest BCUT2D eigenvalue weighted by molar-refractivity contribution is 5.86. The summed E-state index contributed by atoms with van der Waals surface area (Å²) < 4.78 is 11.2. The van der Waals surface area contributed by atoms with Gasteiger partial charge < -0.3 is 24.4 Å². The molecule has 1 N–H and O–H groups in total. The van der Waals surface area contributed by atoms with E-state index in [0.717, 1.165) is 18.5 Å². The standard InChI is InChI=1S/C19H28N2O5/c1-20(2)8-4-10-26-17-11-14(5-6-16(17)25-3)7-9-21-13-15(19(23)24)12-18(21)22/h5-6,11,15H,4,7-10,12-13H2,1-3H3,(H,23,24). The van der Waals surface area contributed by atoms with Crippen molar-refractivity contribution in [2.75, 3.05) is 47.4 Å². The third-order valence-electron chi connectivity index (χ3n) is 4.47. The molecule has 1 aromatic rings. The number of nitrogens with zero attached hydrogens (tertiary/aromatic N) is 2. The van der Waals surface area contributed by atoms with Crippen molar-refractivity contribution in [3.05, 3.63) is 23.8 Å². The molecule has 0 aliphatic carbocycles. The van der Waals surface area contributed by atoms with Crippen LogP contribution in [-0.4, -0.2) is 74.2 Å². The minimum atomic E-state index is -0.904. The summed E-state index contributed by atoms with van der Waals surface area (Å²) in [4.78, 5) is 26.7. The number of methoxy groups -OCH3 is 1. The van der Waals surface area contributed by atoms with Gasteiger partial charge in [0, 0.05) is 26.1 Å². The van der Waals surface area contributed by atoms with Gasteiger partial charge in [0.05, 0.1) is 19.6 Å². The zero-order valence-electron chi connectivity index (χ0n) is 15.7. The summed E-state index contributed by atoms with van der Waals surface area (Å²) in [5.41, 5.74) is 1.03. The van der Waals surface area contributed by atoms with E-state index >= 15 is 0 Å². The predicted molar refractivity (Wildman–Crippen MR) is 97.7 cm³/mol. The summed E-state index contributed by atoms with van der Waals surface area (Å²) >= 11 is 0. The van der Waals surface area contributed by atoms with Gasteiger partial charge in [-0.05, 0) is 44.6 Å². The van der Waals surface area contributed by atoms with Crippen LogP contribution in [0.15, 0.2) is 18.2 Å². The highest BCUT2D eigenvalue weighted by Gasteiger charge is 2.33. The molecule has 7 heteroatoms. The molecule has 26 heavy (non-hydrogen) atoms. The minimum Gasteiger partial charge on any atom is -0.493 e. The lowest BCUT2D eigenvalue weighted by atomic mass is 10.1. The SMILES string of the molecule is COc1ccc(CCN2CC(C(=O)O)CC2=O)cc1OCCCN(C)C. The molecule has 1 aliphatic rings. The maximum absolute atomic E-state index is 11.9. The summed E-state index contributed by atoms with van der Waals surface area (Å²) in [6, 6.07) is 5.74. The lowest BCUT2D eigenvalue weighted by Crippen LogP contribution is -2.28. The molecule has 0 bridgehead atoms. The average Bonchev–Trinajstić information content (AvgIpc) is 2.98. The second kappa shape index (κ2) is 9.43. The molecular weight excluding hydrogens is 336 g/mol. The lowest BCUT2D eigenvalue weighted by Gasteiger charge is -2.17. The highest BCUT2D eigenvalue weighted by Crippen LogP contribution is 2.29. The first kappa shape index (κ1) is 20.0. The number of aliphatic carboxylic acids is 1. The summed E-state index contributed by atoms with van der Waals surface area (Å²) in [6.07, 6.45) is 1.66. The lowest BCUT2D eigenvalue weighted by molar-refractivity contribution is -0.141. The molecule has 0 aromatic heterocycles. The van der Waals surface area contributed by atoms with Crippen LogP contribution in [-0.2, 0) is 16.0 Å². The summed E-state index contributed by atoms with van der Waals surface area (Å²) in [5.74, 6) is -0.208. The number of likely N-dealkylation sites (tertiary alicyclic amines) is 1. The molecule has 0 saturated carbocycles. The van der Waals surface area contributed by atoms with Crippen LogP contribution in [0, 0.1) is 5.92 Å². The maximum atomic E-state index is 11.9. The quantitative estimate of drug-likeness (QED) is 0.634. The van der Waals surface area contributed by atoms with Crippen molar-refractivity contribution >= 4 is 11.9 Å². The van der Waals surface area contributed by atoms with Crippen LogP contribution in [0.3, 0.4) is 0 Å². The summed E-state index contributed by atoms with van der Waals surface area (Å²) in [6.45, 7) is 2.35. The van der Waals surface area contributed by atoms with E-state index in [1.807, 2.05) is 32.3 Å². The van der Waals surface area contributed by atoms with E-state index in [9.17, 15) is 9.59 Å². The van der Waals surface area contributed by atoms with E-state index < -0.39 is 11.9 Å². The van der Waals surface area contributed by atoms with Gasteiger partial charge >= 0.3 is 5.97 Å². The zero-order valence-corrected chi connectivity index (χ0v) is 15.7. The minimum absolute atomic E-state index is 0.0916. The van der Waals surface area contributed by atoms with Gasteiger partial charge in [0.1, 0.15) is 0 Å². The maximum Gasteiger partial charge on any atom is 0.308 e. The first-order valence-electron chi connectivity index (χ1n) is 8.85. The van der Waals surface area contributed by atoms with Crippen LogP contribution in [0.4, 0.5) is 0 Å². The van der Waals surface area contributed by atoms with Gasteiger partial charge in [-0.15, -0.1) is 0 Å². The van der Waals surface area contributed by atoms with Crippen LogP contribution in [0.2, 0.25) is 0 Å². The molecule has 1 saturated heterocycles. The molecule has 1 fully saturated rings. The van der Waals surface area contributed by atoms with Crippen molar-refractivity contribution in [2.24, 2.45) is 5.92 Å². The second-order valence-corrected chi connectivity index (χ2v) is 6.82. The molecule has 0 radical (unpaired) electrons. The fourth-order valence-corrected chi connectivity index (χ4v) is 2.97. The molecule has 1 aromatic carbocycles. The second-order valence-electron chi connectivity index (χ2n) is 6.82. The topological polar surface area (TPSA) is 79.3 Å². The monoisotopic (exact) mass is 364 g/mol. The van der Waals surface area contributed by atoms with Crippen LogP contribution in [0.25, 0.3) is 0 Å². The molecule has 1 aliphatic heterocycles. The Morgan fingerprint density at radius 3 is 2.73 bits per heavy atom. The fourth-order valence-electron chi connectivity index (χ4n) is 2.97. The Morgan fingerprint density at radius 2 is 2.12 bits per heavy atom. The summed E-state index contributed by atoms with van der Waals surface area (Å²) in [5, 5.41) is 9.05. The number of hydrogen-bond donors (Lipinski definition) is 1. The molecule has 1 amide bonds. The van der Waals surface area contributed by atoms with Gasteiger partial charge in [0.15, 0.2) is 11.5 Å². The number of carbonyl (C=O) groups excluding carboxylic acids is 1. The van der Waals surface area contributed by atoms with Gasteiger partial charge in [0.2, 0.25) is 5.91 Å². The van der Waals surface area contributed by atoms with E-state index in [-0.39, 0.29) is 18.9 Å². The Morgan fingerprint density at radius 1 is 1.35 bits per heavy atom. The van der Waals surface area contributed by atoms with Crippen molar-refractivity contribution in [2.45, 2.75) is 19.3 Å². The van der Waals surface area contributed by atoms with E-state index in [0.29, 0.717) is 31.1 Å². The van der Waals surface area contributed by atoms with Gasteiger partial charge in [-0.3, -0.25) is 9.59 Å². The van der Waals surface area contributed by atoms with E-state index in [4.69, 9.17) is 14.6 Å². The first-order chi connectivity index (χ1) is 12.4. The number of ether oxygens (including phenoxy) is 2. The molecule has 7 nitrogen and oxygen atoms in total. The highest BCUT2D eigenvalue weighted by atomic mass is 16.5. The third kappa shape index (κ3) is 5.62. The number of hydrogen-bond acceptors (Lipinski definition) is 5. The Balaban J connectivity index is 1.92. The zero-order chi connectivity index (χ0) is 19.1. The van der Waals surface area contributed by atoms with Gasteiger partial charge in [-0.2, -0.15) is 0 Å². The molecule has 1 unspecified atom stereocenters. The molecule has 0 spiro atoms. The largest absolute Gasteiger partial charge is 0.493 e. The van der Waals surface area contributed by atoms with Crippen molar-refractivity contribution in [3.63, 3.8) is 0 Å². The first-order valence-corrected chi connectivity index (χ1v) is 8.85. The Bertz CT molecular complexity index is 632. The van der Waals surface area contributed by atoms with Crippen LogP contribution in [0.1, 0.15) is 18.4 Å². The molecule has 1 heterocycles. The number of carbonyl (C=O) groups is 2. The van der Waals surface area contributed by atoms with Crippen molar-refractivity contribution in [3.8, 4) is 11.5 Å². The number of benzene rings is 1. The smallest absolute Gasteiger partial charge is 0.308 e. The van der Waals surface area contributed by atoms with Gasteiger partial charge in [0.25, 0.3) is 0 Å². The van der Waals surface area contributed by atoms with E-state index in [1.54, 1.807) is 12.0 Å². The molecule has 1 atom stereocenters. The Kier molecular flexibility index (Phi) is 7.26. The van der Waals surface area contributed by atoms with Crippen molar-refractivity contribution in [1.29, 1.82) is 0 Å². The summed E-state index contributed by atoms with van der Waals surface area (Å²) in [7, 11) is 5.65. The van der Waals surface area contributed by atoms with Gasteiger partial charge in [-0.1, -0.05) is 6.07 Å². The Labute approximate surface area is 154 Å². The van der Waals surface area contributed by atoms with Crippen LogP contribution >= 0.6 is 0 Å². The third-order valence-corrected chi connectivity index (χ3v) is 4.47. The number of carboxylic acid groups (broad SMARTS) is 1. The van der Waals surface area contributed by atoms with Crippen molar-refractivity contribution < 1.29 is 24.2 Å². The van der Waals surface area contributed by atoms with E-state index in [2.05, 4.69) is 4.90 Å². The van der Waals surface area contributed by atoms with E-state index in [1.165, 1.54) is 0 Å². The molecule has 2 rings (SSSR count). The van der Waals surface area contributed by atoms with Crippen LogP contribution in [0.5, 0.6) is 11.5 Å². The normalized spacial score (nSPS) is 17.0. The number of amides is 1. The molecule has 144 valence electrons. The molecular formula is C19H28N2O5. The fraction of sp³-hybridized carbons (Fsp3) is 0.579. The average molecular weight is 364 g/mol. The number of carboxylic acids is 1.